The fraction of sp³-hybridized carbons (Fsp3) is 1.00. The van der Waals surface area contributed by atoms with Crippen LogP contribution in [0.15, 0.2) is 0 Å². The van der Waals surface area contributed by atoms with Crippen molar-refractivity contribution in [3.8, 4) is 0 Å². The fourth-order valence-corrected chi connectivity index (χ4v) is 5.17. The van der Waals surface area contributed by atoms with Gasteiger partial charge in [-0.15, -0.1) is 0 Å². The lowest BCUT2D eigenvalue weighted by Gasteiger charge is -2.35. The molecule has 0 spiro atoms. The van der Waals surface area contributed by atoms with E-state index >= 15 is 0 Å². The highest BCUT2D eigenvalue weighted by Crippen LogP contribution is 2.24. The molecule has 4 nitrogen and oxygen atoms in total. The number of aliphatic hydroxyl groups is 2. The van der Waals surface area contributed by atoms with Gasteiger partial charge in [-0.2, -0.15) is 0 Å². The summed E-state index contributed by atoms with van der Waals surface area (Å²) in [6, 6.07) is 0. The molecule has 0 aromatic heterocycles. The lowest BCUT2D eigenvalue weighted by Crippen LogP contribution is -2.47. The first kappa shape index (κ1) is 31.9. The van der Waals surface area contributed by atoms with Crippen LogP contribution in [0.1, 0.15) is 156 Å². The number of ether oxygens (including phenoxy) is 2. The highest BCUT2D eigenvalue weighted by atomic mass is 16.7. The third kappa shape index (κ3) is 16.5. The highest BCUT2D eigenvalue weighted by Gasteiger charge is 2.34. The van der Waals surface area contributed by atoms with Crippen molar-refractivity contribution in [3.05, 3.63) is 0 Å². The van der Waals surface area contributed by atoms with Crippen LogP contribution in [0, 0.1) is 5.92 Å². The summed E-state index contributed by atoms with van der Waals surface area (Å²) in [7, 11) is 0. The second kappa shape index (κ2) is 22.1. The number of aliphatic hydroxyl groups excluding tert-OH is 2. The Bertz CT molecular complexity index is 418. The Morgan fingerprint density at radius 1 is 0.676 bits per heavy atom. The van der Waals surface area contributed by atoms with Crippen LogP contribution in [0.4, 0.5) is 0 Å². The van der Waals surface area contributed by atoms with Crippen molar-refractivity contribution in [2.75, 3.05) is 6.61 Å². The summed E-state index contributed by atoms with van der Waals surface area (Å²) in [5.74, 6) is 0.581. The second-order valence-electron chi connectivity index (χ2n) is 11.0. The minimum Gasteiger partial charge on any atom is -0.390 e. The van der Waals surface area contributed by atoms with Crippen molar-refractivity contribution in [1.82, 2.24) is 0 Å². The Kier molecular flexibility index (Phi) is 20.7. The zero-order chi connectivity index (χ0) is 24.9. The molecule has 5 atom stereocenters. The first-order valence-electron chi connectivity index (χ1n) is 15.2. The Hall–Kier alpha value is -0.160. The molecule has 4 heteroatoms. The SMILES string of the molecule is CCCCCCCCCCCCC(CCCCCCCCCC)COC1CC(O)C(O)C(C)O1. The minimum atomic E-state index is -0.806. The monoisotopic (exact) mass is 484 g/mol. The van der Waals surface area contributed by atoms with Crippen molar-refractivity contribution in [3.63, 3.8) is 0 Å². The predicted molar refractivity (Wildman–Crippen MR) is 144 cm³/mol. The maximum absolute atomic E-state index is 10.1. The van der Waals surface area contributed by atoms with Crippen LogP contribution in [-0.4, -0.2) is 41.4 Å². The van der Waals surface area contributed by atoms with Crippen LogP contribution < -0.4 is 0 Å². The molecule has 0 bridgehead atoms. The van der Waals surface area contributed by atoms with E-state index in [0.717, 1.165) is 0 Å². The molecular weight excluding hydrogens is 424 g/mol. The maximum Gasteiger partial charge on any atom is 0.160 e. The van der Waals surface area contributed by atoms with Gasteiger partial charge in [0.2, 0.25) is 0 Å². The van der Waals surface area contributed by atoms with E-state index in [4.69, 9.17) is 9.47 Å². The molecule has 0 saturated carbocycles. The molecule has 0 aliphatic carbocycles. The lowest BCUT2D eigenvalue weighted by molar-refractivity contribution is -0.249. The summed E-state index contributed by atoms with van der Waals surface area (Å²) in [5.41, 5.74) is 0. The van der Waals surface area contributed by atoms with Gasteiger partial charge in [0, 0.05) is 6.42 Å². The number of hydrogen-bond acceptors (Lipinski definition) is 4. The Morgan fingerprint density at radius 3 is 1.50 bits per heavy atom. The van der Waals surface area contributed by atoms with Crippen LogP contribution in [0.3, 0.4) is 0 Å². The molecule has 1 aliphatic heterocycles. The average Bonchev–Trinajstić information content (AvgIpc) is 2.83. The Labute approximate surface area is 212 Å². The van der Waals surface area contributed by atoms with Gasteiger partial charge >= 0.3 is 0 Å². The molecule has 1 saturated heterocycles. The van der Waals surface area contributed by atoms with Gasteiger partial charge < -0.3 is 19.7 Å². The molecule has 0 radical (unpaired) electrons. The van der Waals surface area contributed by atoms with Gasteiger partial charge in [-0.25, -0.2) is 0 Å². The molecule has 34 heavy (non-hydrogen) atoms. The maximum atomic E-state index is 10.1. The van der Waals surface area contributed by atoms with Crippen molar-refractivity contribution < 1.29 is 19.7 Å². The van der Waals surface area contributed by atoms with Crippen molar-refractivity contribution in [1.29, 1.82) is 0 Å². The largest absolute Gasteiger partial charge is 0.390 e. The molecule has 5 unspecified atom stereocenters. The third-order valence-corrected chi connectivity index (χ3v) is 7.63. The van der Waals surface area contributed by atoms with E-state index in [1.807, 2.05) is 6.92 Å². The van der Waals surface area contributed by atoms with Crippen LogP contribution in [0.2, 0.25) is 0 Å². The number of hydrogen-bond donors (Lipinski definition) is 2. The van der Waals surface area contributed by atoms with E-state index in [-0.39, 0.29) is 12.4 Å². The number of unbranched alkanes of at least 4 members (excludes halogenated alkanes) is 16. The summed E-state index contributed by atoms with van der Waals surface area (Å²) in [4.78, 5) is 0. The van der Waals surface area contributed by atoms with Crippen molar-refractivity contribution in [2.24, 2.45) is 5.92 Å². The molecule has 2 N–H and O–H groups in total. The standard InChI is InChI=1S/C30H60O4/c1-4-6-8-10-12-14-15-17-19-21-23-27(22-20-18-16-13-11-9-7-5-2)25-33-29-24-28(31)30(32)26(3)34-29/h26-32H,4-25H2,1-3H3. The van der Waals surface area contributed by atoms with E-state index in [1.54, 1.807) is 0 Å². The van der Waals surface area contributed by atoms with Gasteiger partial charge in [0.05, 0.1) is 18.8 Å². The zero-order valence-electron chi connectivity index (χ0n) is 23.2. The molecular formula is C30H60O4. The molecule has 0 amide bonds. The normalized spacial score (nSPS) is 23.9. The number of rotatable bonds is 23. The molecule has 1 rings (SSSR count). The first-order chi connectivity index (χ1) is 16.6. The molecule has 1 heterocycles. The summed E-state index contributed by atoms with van der Waals surface area (Å²) in [6.45, 7) is 7.08. The van der Waals surface area contributed by atoms with Gasteiger partial charge in [0.1, 0.15) is 6.10 Å². The zero-order valence-corrected chi connectivity index (χ0v) is 23.2. The van der Waals surface area contributed by atoms with Crippen LogP contribution in [0.5, 0.6) is 0 Å². The van der Waals surface area contributed by atoms with Crippen molar-refractivity contribution in [2.45, 2.75) is 180 Å². The van der Waals surface area contributed by atoms with E-state index in [0.29, 0.717) is 18.9 Å². The van der Waals surface area contributed by atoms with Gasteiger partial charge in [0.25, 0.3) is 0 Å². The Balaban J connectivity index is 2.23. The third-order valence-electron chi connectivity index (χ3n) is 7.63. The first-order valence-corrected chi connectivity index (χ1v) is 15.2. The summed E-state index contributed by atoms with van der Waals surface area (Å²) in [5, 5.41) is 20.0. The van der Waals surface area contributed by atoms with Crippen LogP contribution in [-0.2, 0) is 9.47 Å². The van der Waals surface area contributed by atoms with Gasteiger partial charge in [0.15, 0.2) is 6.29 Å². The summed E-state index contributed by atoms with van der Waals surface area (Å²) in [6.07, 6.45) is 25.2. The molecule has 0 aromatic rings. The lowest BCUT2D eigenvalue weighted by atomic mass is 9.94. The van der Waals surface area contributed by atoms with E-state index in [1.165, 1.54) is 128 Å². The quantitative estimate of drug-likeness (QED) is 0.143. The average molecular weight is 485 g/mol. The van der Waals surface area contributed by atoms with E-state index in [2.05, 4.69) is 13.8 Å². The van der Waals surface area contributed by atoms with Gasteiger partial charge in [-0.3, -0.25) is 0 Å². The predicted octanol–water partition coefficient (Wildman–Crippen LogP) is 8.32. The van der Waals surface area contributed by atoms with Gasteiger partial charge in [-0.1, -0.05) is 129 Å². The summed E-state index contributed by atoms with van der Waals surface area (Å²) < 4.78 is 11.9. The molecule has 1 aliphatic rings. The fourth-order valence-electron chi connectivity index (χ4n) is 5.17. The smallest absolute Gasteiger partial charge is 0.160 e. The van der Waals surface area contributed by atoms with Crippen LogP contribution >= 0.6 is 0 Å². The van der Waals surface area contributed by atoms with E-state index in [9.17, 15) is 10.2 Å². The van der Waals surface area contributed by atoms with Crippen LogP contribution in [0.25, 0.3) is 0 Å². The van der Waals surface area contributed by atoms with E-state index < -0.39 is 12.2 Å². The molecule has 0 aromatic carbocycles. The Morgan fingerprint density at radius 2 is 1.09 bits per heavy atom. The minimum absolute atomic E-state index is 0.369. The molecule has 204 valence electrons. The topological polar surface area (TPSA) is 58.9 Å². The second-order valence-corrected chi connectivity index (χ2v) is 11.0. The molecule has 1 fully saturated rings. The van der Waals surface area contributed by atoms with Crippen molar-refractivity contribution >= 4 is 0 Å². The van der Waals surface area contributed by atoms with Gasteiger partial charge in [-0.05, 0) is 25.7 Å². The summed E-state index contributed by atoms with van der Waals surface area (Å²) >= 11 is 0. The highest BCUT2D eigenvalue weighted by molar-refractivity contribution is 4.80.